The van der Waals surface area contributed by atoms with Gasteiger partial charge in [-0.1, -0.05) is 12.1 Å². The summed E-state index contributed by atoms with van der Waals surface area (Å²) in [5, 5.41) is 18.8. The number of hydrazone groups is 1. The second-order valence-corrected chi connectivity index (χ2v) is 8.61. The van der Waals surface area contributed by atoms with E-state index >= 15 is 0 Å². The summed E-state index contributed by atoms with van der Waals surface area (Å²) >= 11 is 1.04. The van der Waals surface area contributed by atoms with E-state index in [1.54, 1.807) is 11.0 Å². The number of aromatic hydroxyl groups is 1. The molecule has 0 spiro atoms. The first kappa shape index (κ1) is 30.2. The third-order valence-corrected chi connectivity index (χ3v) is 6.34. The molecule has 0 unspecified atom stereocenters. The molecule has 0 aliphatic carbocycles. The molecule has 0 aliphatic heterocycles. The van der Waals surface area contributed by atoms with Crippen LogP contribution in [0.15, 0.2) is 41.5 Å². The Bertz CT molecular complexity index is 1270. The van der Waals surface area contributed by atoms with Crippen molar-refractivity contribution in [1.29, 1.82) is 0 Å². The van der Waals surface area contributed by atoms with Gasteiger partial charge in [-0.15, -0.1) is 11.3 Å². The molecular weight excluding hydrogens is 522 g/mol. The Labute approximate surface area is 252 Å². The van der Waals surface area contributed by atoms with Crippen LogP contribution in [0.5, 0.6) is 5.75 Å². The number of halogens is 3. The van der Waals surface area contributed by atoms with E-state index in [1.807, 2.05) is 13.8 Å². The Morgan fingerprint density at radius 1 is 1.11 bits per heavy atom. The third-order valence-electron chi connectivity index (χ3n) is 5.27. The van der Waals surface area contributed by atoms with Crippen molar-refractivity contribution in [1.82, 2.24) is 20.1 Å². The molecule has 188 valence electrons. The van der Waals surface area contributed by atoms with Gasteiger partial charge in [-0.3, -0.25) is 14.3 Å². The van der Waals surface area contributed by atoms with Gasteiger partial charge in [0, 0.05) is 25.7 Å². The molecule has 2 heterocycles. The van der Waals surface area contributed by atoms with Crippen molar-refractivity contribution in [3.63, 3.8) is 0 Å². The van der Waals surface area contributed by atoms with Crippen LogP contribution < -0.4 is 5.43 Å². The van der Waals surface area contributed by atoms with Crippen LogP contribution >= 0.6 is 11.3 Å². The second kappa shape index (κ2) is 12.5. The molecule has 36 heavy (non-hydrogen) atoms. The summed E-state index contributed by atoms with van der Waals surface area (Å²) in [5.41, 5.74) is 2.34. The molecular formula is C23H25F3KN5O3S. The number of aryl methyl sites for hydroxylation is 1. The molecule has 13 heteroatoms. The number of hydrogen-bond acceptors (Lipinski definition) is 6. The molecule has 2 N–H and O–H groups in total. The average molecular weight is 548 g/mol. The second-order valence-electron chi connectivity index (χ2n) is 7.52. The zero-order valence-electron chi connectivity index (χ0n) is 19.5. The number of carbonyl (C=O) groups is 2. The molecule has 3 aromatic rings. The van der Waals surface area contributed by atoms with Crippen LogP contribution in [-0.2, 0) is 13.2 Å². The van der Waals surface area contributed by atoms with Gasteiger partial charge in [0.25, 0.3) is 11.8 Å². The Balaban J connectivity index is 0.00000456. The van der Waals surface area contributed by atoms with E-state index in [0.717, 1.165) is 23.5 Å². The van der Waals surface area contributed by atoms with E-state index in [4.69, 9.17) is 0 Å². The summed E-state index contributed by atoms with van der Waals surface area (Å²) in [4.78, 5) is 27.3. The zero-order chi connectivity index (χ0) is 25.9. The van der Waals surface area contributed by atoms with Crippen LogP contribution in [-0.4, -0.2) is 102 Å². The van der Waals surface area contributed by atoms with Crippen molar-refractivity contribution in [2.75, 3.05) is 13.1 Å². The first-order valence-electron chi connectivity index (χ1n) is 10.7. The normalized spacial score (nSPS) is 11.7. The Hall–Kier alpha value is -2.03. The van der Waals surface area contributed by atoms with Gasteiger partial charge in [0.15, 0.2) is 11.4 Å². The van der Waals surface area contributed by atoms with Crippen molar-refractivity contribution in [2.24, 2.45) is 12.1 Å². The minimum atomic E-state index is -4.47. The Morgan fingerprint density at radius 3 is 2.25 bits per heavy atom. The first-order valence-corrected chi connectivity index (χ1v) is 11.5. The number of alkyl halides is 3. The van der Waals surface area contributed by atoms with Gasteiger partial charge in [0.05, 0.1) is 21.0 Å². The molecule has 3 rings (SSSR count). The standard InChI is InChI=1S/C23H24F3N5O3S.K.H/c1-5-31(6-2)22(34)17-12-11-16(35-17)21(33)28-27-13(3)18-20(32)19(30(4)29-18)14-7-9-15(10-8-14)23(24,25)26;;/h7-12,32H,5-6H2,1-4H3,(H,28,33);;/b27-13-;;. The van der Waals surface area contributed by atoms with Crippen molar-refractivity contribution in [2.45, 2.75) is 26.9 Å². The molecule has 8 nitrogen and oxygen atoms in total. The summed E-state index contributed by atoms with van der Waals surface area (Å²) in [6.45, 7) is 6.37. The van der Waals surface area contributed by atoms with Crippen LogP contribution in [0.2, 0.25) is 0 Å². The van der Waals surface area contributed by atoms with Crippen LogP contribution in [0.3, 0.4) is 0 Å². The number of aromatic nitrogens is 2. The van der Waals surface area contributed by atoms with Crippen molar-refractivity contribution >= 4 is 80.2 Å². The third kappa shape index (κ3) is 6.64. The molecule has 2 aromatic heterocycles. The van der Waals surface area contributed by atoms with E-state index in [2.05, 4.69) is 15.6 Å². The molecule has 0 bridgehead atoms. The fourth-order valence-corrected chi connectivity index (χ4v) is 4.25. The number of hydrogen-bond donors (Lipinski definition) is 2. The fourth-order valence-electron chi connectivity index (χ4n) is 3.38. The van der Waals surface area contributed by atoms with E-state index < -0.39 is 17.6 Å². The number of benzene rings is 1. The number of nitrogens with one attached hydrogen (secondary N) is 1. The maximum atomic E-state index is 12.8. The molecule has 0 atom stereocenters. The van der Waals surface area contributed by atoms with Gasteiger partial charge in [0.2, 0.25) is 0 Å². The van der Waals surface area contributed by atoms with E-state index in [-0.39, 0.29) is 85.0 Å². The summed E-state index contributed by atoms with van der Waals surface area (Å²) in [6.07, 6.45) is -4.47. The number of thiophene rings is 1. The van der Waals surface area contributed by atoms with Gasteiger partial charge in [-0.25, -0.2) is 5.43 Å². The molecule has 1 aromatic carbocycles. The van der Waals surface area contributed by atoms with Gasteiger partial charge >= 0.3 is 57.6 Å². The van der Waals surface area contributed by atoms with Crippen molar-refractivity contribution < 1.29 is 27.9 Å². The molecule has 2 amide bonds. The summed E-state index contributed by atoms with van der Waals surface area (Å²) in [7, 11) is 1.53. The Morgan fingerprint density at radius 2 is 1.69 bits per heavy atom. The number of nitrogens with zero attached hydrogens (tertiary/aromatic N) is 4. The average Bonchev–Trinajstić information content (AvgIpc) is 3.42. The zero-order valence-corrected chi connectivity index (χ0v) is 20.3. The molecule has 0 radical (unpaired) electrons. The number of amides is 2. The SMILES string of the molecule is CCN(CC)C(=O)c1ccc(C(=O)N/N=C(/C)c2nn(C)c(-c3ccc(C(F)(F)F)cc3)c2O)s1.[KH]. The summed E-state index contributed by atoms with van der Waals surface area (Å²) in [5.74, 6) is -0.981. The predicted molar refractivity (Wildman–Crippen MR) is 134 cm³/mol. The van der Waals surface area contributed by atoms with E-state index in [0.29, 0.717) is 23.5 Å². The van der Waals surface area contributed by atoms with Crippen LogP contribution in [0, 0.1) is 0 Å². The summed E-state index contributed by atoms with van der Waals surface area (Å²) in [6, 6.07) is 7.43. The van der Waals surface area contributed by atoms with Crippen LogP contribution in [0.4, 0.5) is 13.2 Å². The molecule has 0 saturated carbocycles. The van der Waals surface area contributed by atoms with E-state index in [9.17, 15) is 27.9 Å². The topological polar surface area (TPSA) is 99.8 Å². The van der Waals surface area contributed by atoms with Gasteiger partial charge in [-0.2, -0.15) is 23.4 Å². The maximum absolute atomic E-state index is 12.8. The van der Waals surface area contributed by atoms with Crippen molar-refractivity contribution in [3.05, 3.63) is 57.4 Å². The quantitative estimate of drug-likeness (QED) is 0.267. The molecule has 0 aliphatic rings. The van der Waals surface area contributed by atoms with Gasteiger partial charge < -0.3 is 10.0 Å². The molecule has 0 fully saturated rings. The Kier molecular flexibility index (Phi) is 10.5. The number of rotatable bonds is 7. The minimum absolute atomic E-state index is 0. The van der Waals surface area contributed by atoms with Crippen LogP contribution in [0.25, 0.3) is 11.3 Å². The monoisotopic (exact) mass is 547 g/mol. The number of carbonyl (C=O) groups excluding carboxylic acids is 2. The van der Waals surface area contributed by atoms with Gasteiger partial charge in [-0.05, 0) is 45.0 Å². The van der Waals surface area contributed by atoms with Crippen molar-refractivity contribution in [3.8, 4) is 17.0 Å². The van der Waals surface area contributed by atoms with E-state index in [1.165, 1.54) is 36.9 Å². The predicted octanol–water partition coefficient (Wildman–Crippen LogP) is 3.86. The molecule has 0 saturated heterocycles. The van der Waals surface area contributed by atoms with Crippen LogP contribution in [0.1, 0.15) is 51.4 Å². The fraction of sp³-hybridized carbons (Fsp3) is 0.304. The first-order chi connectivity index (χ1) is 16.5. The van der Waals surface area contributed by atoms with Gasteiger partial charge in [0.1, 0.15) is 5.69 Å². The summed E-state index contributed by atoms with van der Waals surface area (Å²) < 4.78 is 39.8.